The van der Waals surface area contributed by atoms with Gasteiger partial charge in [-0.2, -0.15) is 0 Å². The van der Waals surface area contributed by atoms with Crippen molar-refractivity contribution in [2.45, 2.75) is 63.2 Å². The van der Waals surface area contributed by atoms with E-state index in [1.807, 2.05) is 6.08 Å². The van der Waals surface area contributed by atoms with Gasteiger partial charge < -0.3 is 25.0 Å². The van der Waals surface area contributed by atoms with Gasteiger partial charge in [0.2, 0.25) is 0 Å². The quantitative estimate of drug-likeness (QED) is 0.799. The summed E-state index contributed by atoms with van der Waals surface area (Å²) in [5.41, 5.74) is 3.90. The Kier molecular flexibility index (Phi) is 5.33. The normalized spacial score (nSPS) is 31.3. The molecule has 2 heterocycles. The summed E-state index contributed by atoms with van der Waals surface area (Å²) in [4.78, 5) is 1.54. The number of rotatable bonds is 4. The third-order valence-corrected chi connectivity index (χ3v) is 6.23. The summed E-state index contributed by atoms with van der Waals surface area (Å²) in [6, 6.07) is 2.37. The minimum absolute atomic E-state index is 0. The van der Waals surface area contributed by atoms with Crippen molar-refractivity contribution >= 4 is 0 Å². The summed E-state index contributed by atoms with van der Waals surface area (Å²) in [6.07, 6.45) is 8.88. The first-order chi connectivity index (χ1) is 12.1. The number of aryl methyl sites for hydroxylation is 1. The van der Waals surface area contributed by atoms with Crippen molar-refractivity contribution in [3.8, 4) is 11.5 Å². The standard InChI is InChI=1S/C21H29NO3.H2O/c1-4-5-6-14-11-15-13-22(2)10-9-21-8-7-16(23)12-17(21)25-20(18(15)21)19(14)24-3;/h7-8,11,16-17,23H,4-6,9-10,12-13H2,1-3H3;1H2/t16-,17-,21-;/m0./s1. The van der Waals surface area contributed by atoms with Crippen molar-refractivity contribution in [3.05, 3.63) is 34.9 Å². The third-order valence-electron chi connectivity index (χ3n) is 6.23. The van der Waals surface area contributed by atoms with Crippen LogP contribution in [0.1, 0.15) is 49.3 Å². The average Bonchev–Trinajstić information content (AvgIpc) is 2.85. The highest BCUT2D eigenvalue weighted by Crippen LogP contribution is 2.55. The Hall–Kier alpha value is -1.56. The molecule has 3 N–H and O–H groups in total. The van der Waals surface area contributed by atoms with E-state index in [0.717, 1.165) is 43.9 Å². The van der Waals surface area contributed by atoms with Crippen LogP contribution in [-0.4, -0.2) is 43.5 Å². The van der Waals surface area contributed by atoms with Crippen molar-refractivity contribution in [2.24, 2.45) is 0 Å². The lowest BCUT2D eigenvalue weighted by molar-refractivity contribution is -0.893. The summed E-state index contributed by atoms with van der Waals surface area (Å²) in [6.45, 7) is 4.36. The van der Waals surface area contributed by atoms with Gasteiger partial charge in [-0.3, -0.25) is 0 Å². The molecule has 0 saturated carbocycles. The predicted molar refractivity (Wildman–Crippen MR) is 99.5 cm³/mol. The maximum atomic E-state index is 10.1. The topological polar surface area (TPSA) is 73.1 Å². The molecule has 5 heteroatoms. The lowest BCUT2D eigenvalue weighted by atomic mass is 9.69. The number of aliphatic hydroxyl groups excluding tert-OH is 1. The lowest BCUT2D eigenvalue weighted by Crippen LogP contribution is -3.07. The second kappa shape index (κ2) is 7.22. The monoisotopic (exact) mass is 361 g/mol. The maximum Gasteiger partial charge on any atom is 0.166 e. The van der Waals surface area contributed by atoms with Gasteiger partial charge >= 0.3 is 0 Å². The van der Waals surface area contributed by atoms with Crippen LogP contribution >= 0.6 is 0 Å². The minimum atomic E-state index is -0.410. The average molecular weight is 361 g/mol. The minimum Gasteiger partial charge on any atom is -0.870 e. The second-order valence-corrected chi connectivity index (χ2v) is 7.98. The zero-order valence-electron chi connectivity index (χ0n) is 16.0. The summed E-state index contributed by atoms with van der Waals surface area (Å²) in [5, 5.41) is 10.1. The number of ether oxygens (including phenoxy) is 2. The largest absolute Gasteiger partial charge is 0.870 e. The lowest BCUT2D eigenvalue weighted by Gasteiger charge is -2.35. The van der Waals surface area contributed by atoms with Crippen LogP contribution < -0.4 is 14.4 Å². The molecule has 2 aliphatic heterocycles. The fourth-order valence-corrected chi connectivity index (χ4v) is 4.93. The Morgan fingerprint density at radius 1 is 1.42 bits per heavy atom. The smallest absolute Gasteiger partial charge is 0.166 e. The Bertz CT molecular complexity index is 702. The molecule has 3 aliphatic rings. The molecular formula is C21H31NO4. The predicted octanol–water partition coefficient (Wildman–Crippen LogP) is 1.60. The maximum absolute atomic E-state index is 10.1. The fourth-order valence-electron chi connectivity index (χ4n) is 4.93. The van der Waals surface area contributed by atoms with Crippen LogP contribution in [0.4, 0.5) is 0 Å². The van der Waals surface area contributed by atoms with Crippen molar-refractivity contribution in [3.63, 3.8) is 0 Å². The first-order valence-corrected chi connectivity index (χ1v) is 9.67. The molecule has 4 atom stereocenters. The van der Waals surface area contributed by atoms with Crippen LogP contribution in [0.25, 0.3) is 0 Å². The van der Waals surface area contributed by atoms with Crippen LogP contribution in [-0.2, 0) is 18.4 Å². The molecule has 1 unspecified atom stereocenters. The number of methoxy groups -OCH3 is 1. The Morgan fingerprint density at radius 2 is 2.23 bits per heavy atom. The van der Waals surface area contributed by atoms with E-state index < -0.39 is 6.10 Å². The van der Waals surface area contributed by atoms with Gasteiger partial charge in [-0.1, -0.05) is 25.5 Å². The second-order valence-electron chi connectivity index (χ2n) is 7.98. The van der Waals surface area contributed by atoms with E-state index >= 15 is 0 Å². The summed E-state index contributed by atoms with van der Waals surface area (Å²) in [5.74, 6) is 1.87. The molecule has 1 spiro atoms. The van der Waals surface area contributed by atoms with Crippen LogP contribution in [0.15, 0.2) is 18.2 Å². The van der Waals surface area contributed by atoms with E-state index in [4.69, 9.17) is 9.47 Å². The van der Waals surface area contributed by atoms with Gasteiger partial charge in [-0.05, 0) is 24.5 Å². The van der Waals surface area contributed by atoms with E-state index in [1.54, 1.807) is 7.11 Å². The highest BCUT2D eigenvalue weighted by molar-refractivity contribution is 5.63. The SMILES string of the molecule is CCCCc1cc2c3c(c1OC)O[C@H]1C[C@@H](O)C=C[C@@]31CC[NH+](C)C2.[OH-]. The molecule has 1 aromatic rings. The Balaban J connectivity index is 0.00000196. The van der Waals surface area contributed by atoms with Crippen LogP contribution in [0.3, 0.4) is 0 Å². The number of hydrogen-bond donors (Lipinski definition) is 2. The number of unbranched alkanes of at least 4 members (excludes halogenated alkanes) is 1. The number of hydrogen-bond acceptors (Lipinski definition) is 4. The van der Waals surface area contributed by atoms with Crippen LogP contribution in [0.2, 0.25) is 0 Å². The third kappa shape index (κ3) is 2.82. The Labute approximate surface area is 155 Å². The molecule has 1 aliphatic carbocycles. The van der Waals surface area contributed by atoms with Gasteiger partial charge in [0.15, 0.2) is 11.5 Å². The van der Waals surface area contributed by atoms with Crippen LogP contribution in [0.5, 0.6) is 11.5 Å². The van der Waals surface area contributed by atoms with Crippen molar-refractivity contribution in [1.29, 1.82) is 0 Å². The molecular weight excluding hydrogens is 330 g/mol. The summed E-state index contributed by atoms with van der Waals surface area (Å²) >= 11 is 0. The molecule has 0 aromatic heterocycles. The molecule has 26 heavy (non-hydrogen) atoms. The summed E-state index contributed by atoms with van der Waals surface area (Å²) < 4.78 is 12.3. The highest BCUT2D eigenvalue weighted by atomic mass is 16.5. The molecule has 0 amide bonds. The van der Waals surface area contributed by atoms with E-state index in [-0.39, 0.29) is 17.0 Å². The fraction of sp³-hybridized carbons (Fsp3) is 0.619. The van der Waals surface area contributed by atoms with Crippen molar-refractivity contribution in [2.75, 3.05) is 20.7 Å². The van der Waals surface area contributed by atoms with Crippen molar-refractivity contribution in [1.82, 2.24) is 0 Å². The van der Waals surface area contributed by atoms with E-state index in [1.165, 1.54) is 28.0 Å². The molecule has 5 nitrogen and oxygen atoms in total. The number of nitrogens with one attached hydrogen (secondary N) is 1. The van der Waals surface area contributed by atoms with Gasteiger partial charge in [-0.25, -0.2) is 0 Å². The highest BCUT2D eigenvalue weighted by Gasteiger charge is 2.53. The molecule has 0 bridgehead atoms. The number of quaternary nitrogens is 1. The van der Waals surface area contributed by atoms with Gasteiger partial charge in [0.1, 0.15) is 12.6 Å². The van der Waals surface area contributed by atoms with Gasteiger partial charge in [0, 0.05) is 24.0 Å². The zero-order chi connectivity index (χ0) is 17.6. The zero-order valence-corrected chi connectivity index (χ0v) is 16.0. The van der Waals surface area contributed by atoms with Gasteiger partial charge in [0.05, 0.1) is 32.2 Å². The van der Waals surface area contributed by atoms with E-state index in [9.17, 15) is 5.11 Å². The first-order valence-electron chi connectivity index (χ1n) is 9.67. The first kappa shape index (κ1) is 19.2. The molecule has 144 valence electrons. The van der Waals surface area contributed by atoms with E-state index in [2.05, 4.69) is 26.1 Å². The molecule has 0 radical (unpaired) electrons. The molecule has 4 rings (SSSR count). The van der Waals surface area contributed by atoms with Gasteiger partial charge in [-0.15, -0.1) is 0 Å². The van der Waals surface area contributed by atoms with E-state index in [0.29, 0.717) is 6.42 Å². The number of benzene rings is 1. The molecule has 0 fully saturated rings. The van der Waals surface area contributed by atoms with Gasteiger partial charge in [0.25, 0.3) is 0 Å². The van der Waals surface area contributed by atoms with Crippen molar-refractivity contribution < 1.29 is 25.0 Å². The summed E-state index contributed by atoms with van der Waals surface area (Å²) in [7, 11) is 4.03. The molecule has 0 saturated heterocycles. The molecule has 1 aromatic carbocycles. The Morgan fingerprint density at radius 3 is 2.96 bits per heavy atom. The van der Waals surface area contributed by atoms with Crippen LogP contribution in [0, 0.1) is 0 Å². The number of aliphatic hydroxyl groups is 1.